The molecule has 0 aliphatic carbocycles. The van der Waals surface area contributed by atoms with Crippen LogP contribution in [0.25, 0.3) is 10.9 Å². The number of aromatic nitrogens is 1. The molecule has 0 radical (unpaired) electrons. The maximum Gasteiger partial charge on any atom is 0.211 e. The maximum atomic E-state index is 14.2. The zero-order valence-electron chi connectivity index (χ0n) is 14.9. The highest BCUT2D eigenvalue weighted by molar-refractivity contribution is 5.86. The Morgan fingerprint density at radius 3 is 2.70 bits per heavy atom. The lowest BCUT2D eigenvalue weighted by molar-refractivity contribution is -0.105. The van der Waals surface area contributed by atoms with Crippen LogP contribution in [-0.4, -0.2) is 28.7 Å². The number of halogens is 1. The van der Waals surface area contributed by atoms with Crippen LogP contribution in [0.1, 0.15) is 13.8 Å². The zero-order chi connectivity index (χ0) is 19.4. The fraction of sp³-hybridized carbons (Fsp3) is 0.200. The minimum absolute atomic E-state index is 0.0290. The smallest absolute Gasteiger partial charge is 0.211 e. The van der Waals surface area contributed by atoms with E-state index in [1.165, 1.54) is 12.1 Å². The number of fused-ring (bicyclic) bond motifs is 1. The van der Waals surface area contributed by atoms with Crippen molar-refractivity contribution < 1.29 is 23.8 Å². The van der Waals surface area contributed by atoms with Crippen molar-refractivity contribution in [2.45, 2.75) is 19.4 Å². The van der Waals surface area contributed by atoms with Crippen LogP contribution in [0, 0.1) is 5.82 Å². The molecule has 2 N–H and O–H groups in total. The number of carbonyl (C=O) groups is 1. The van der Waals surface area contributed by atoms with E-state index >= 15 is 0 Å². The fourth-order valence-corrected chi connectivity index (χ4v) is 2.40. The first kappa shape index (κ1) is 18.6. The monoisotopic (exact) mass is 370 g/mol. The van der Waals surface area contributed by atoms with Gasteiger partial charge in [0.05, 0.1) is 11.1 Å². The first-order chi connectivity index (χ1) is 12.9. The van der Waals surface area contributed by atoms with E-state index in [0.29, 0.717) is 34.5 Å². The van der Waals surface area contributed by atoms with Gasteiger partial charge in [0.15, 0.2) is 11.6 Å². The predicted octanol–water partition coefficient (Wildman–Crippen LogP) is 3.88. The van der Waals surface area contributed by atoms with Gasteiger partial charge in [0.1, 0.15) is 18.1 Å². The molecule has 0 atom stereocenters. The van der Waals surface area contributed by atoms with Crippen LogP contribution in [0.15, 0.2) is 48.7 Å². The standard InChI is InChI=1S/C20H19FN2O4/c1-20(2,25)11-26-14-4-5-15-17(10-14)22-8-7-18(15)27-19-6-3-13(23-12-24)9-16(19)21/h3-10,12,25H,11H2,1-2H3,(H,23,24). The normalized spacial score (nSPS) is 11.3. The van der Waals surface area contributed by atoms with Gasteiger partial charge in [0.25, 0.3) is 0 Å². The Morgan fingerprint density at radius 1 is 1.19 bits per heavy atom. The molecule has 0 unspecified atom stereocenters. The molecule has 7 heteroatoms. The molecule has 6 nitrogen and oxygen atoms in total. The topological polar surface area (TPSA) is 80.7 Å². The van der Waals surface area contributed by atoms with Crippen molar-refractivity contribution in [3.05, 3.63) is 54.5 Å². The summed E-state index contributed by atoms with van der Waals surface area (Å²) in [5.74, 6) is 0.423. The molecule has 0 aliphatic rings. The Kier molecular flexibility index (Phi) is 5.23. The summed E-state index contributed by atoms with van der Waals surface area (Å²) in [6, 6.07) is 11.0. The number of carbonyl (C=O) groups excluding carboxylic acids is 1. The summed E-state index contributed by atoms with van der Waals surface area (Å²) >= 11 is 0. The summed E-state index contributed by atoms with van der Waals surface area (Å²) in [4.78, 5) is 14.7. The van der Waals surface area contributed by atoms with Crippen molar-refractivity contribution in [3.8, 4) is 17.2 Å². The lowest BCUT2D eigenvalue weighted by Gasteiger charge is -2.18. The molecule has 1 heterocycles. The van der Waals surface area contributed by atoms with Crippen molar-refractivity contribution in [2.75, 3.05) is 11.9 Å². The van der Waals surface area contributed by atoms with Gasteiger partial charge in [-0.05, 0) is 44.2 Å². The minimum atomic E-state index is -0.949. The summed E-state index contributed by atoms with van der Waals surface area (Å²) in [6.07, 6.45) is 2.03. The summed E-state index contributed by atoms with van der Waals surface area (Å²) in [5, 5.41) is 12.8. The van der Waals surface area contributed by atoms with E-state index < -0.39 is 11.4 Å². The van der Waals surface area contributed by atoms with Gasteiger partial charge in [0.2, 0.25) is 6.41 Å². The van der Waals surface area contributed by atoms with Crippen molar-refractivity contribution in [1.29, 1.82) is 0 Å². The first-order valence-electron chi connectivity index (χ1n) is 8.27. The molecule has 0 saturated heterocycles. The number of ether oxygens (including phenoxy) is 2. The SMILES string of the molecule is CC(C)(O)COc1ccc2c(Oc3ccc(NC=O)cc3F)ccnc2c1. The molecule has 27 heavy (non-hydrogen) atoms. The predicted molar refractivity (Wildman–Crippen MR) is 99.7 cm³/mol. The van der Waals surface area contributed by atoms with E-state index in [1.54, 1.807) is 50.4 Å². The van der Waals surface area contributed by atoms with Crippen LogP contribution < -0.4 is 14.8 Å². The van der Waals surface area contributed by atoms with Crippen LogP contribution in [0.5, 0.6) is 17.2 Å². The third kappa shape index (κ3) is 4.71. The van der Waals surface area contributed by atoms with Gasteiger partial charge in [-0.25, -0.2) is 4.39 Å². The van der Waals surface area contributed by atoms with Gasteiger partial charge < -0.3 is 19.9 Å². The van der Waals surface area contributed by atoms with E-state index in [1.807, 2.05) is 0 Å². The van der Waals surface area contributed by atoms with Crippen molar-refractivity contribution in [1.82, 2.24) is 4.98 Å². The highest BCUT2D eigenvalue weighted by Gasteiger charge is 2.14. The third-order valence-corrected chi connectivity index (χ3v) is 3.64. The molecule has 0 spiro atoms. The number of benzene rings is 2. The minimum Gasteiger partial charge on any atom is -0.491 e. The Labute approximate surface area is 155 Å². The molecule has 2 aromatic carbocycles. The molecular formula is C20H19FN2O4. The number of hydrogen-bond donors (Lipinski definition) is 2. The largest absolute Gasteiger partial charge is 0.491 e. The van der Waals surface area contributed by atoms with Crippen molar-refractivity contribution in [3.63, 3.8) is 0 Å². The second kappa shape index (κ2) is 7.59. The number of nitrogens with zero attached hydrogens (tertiary/aromatic N) is 1. The second-order valence-corrected chi connectivity index (χ2v) is 6.60. The first-order valence-corrected chi connectivity index (χ1v) is 8.27. The number of nitrogens with one attached hydrogen (secondary N) is 1. The van der Waals surface area contributed by atoms with Crippen LogP contribution in [0.4, 0.5) is 10.1 Å². The molecule has 0 aliphatic heterocycles. The lowest BCUT2D eigenvalue weighted by Crippen LogP contribution is -2.27. The Morgan fingerprint density at radius 2 is 2.00 bits per heavy atom. The molecule has 0 saturated carbocycles. The van der Waals surface area contributed by atoms with Crippen LogP contribution in [0.3, 0.4) is 0 Å². The molecule has 3 aromatic rings. The molecule has 1 amide bonds. The van der Waals surface area contributed by atoms with E-state index in [4.69, 9.17) is 9.47 Å². The van der Waals surface area contributed by atoms with E-state index in [0.717, 1.165) is 0 Å². The summed E-state index contributed by atoms with van der Waals surface area (Å²) < 4.78 is 25.5. The Hall–Kier alpha value is -3.19. The van der Waals surface area contributed by atoms with Gasteiger partial charge in [-0.2, -0.15) is 0 Å². The van der Waals surface area contributed by atoms with E-state index in [2.05, 4.69) is 10.3 Å². The Balaban J connectivity index is 1.86. The summed E-state index contributed by atoms with van der Waals surface area (Å²) in [5.41, 5.74) is -0.00105. The highest BCUT2D eigenvalue weighted by Crippen LogP contribution is 2.32. The van der Waals surface area contributed by atoms with Crippen LogP contribution in [0.2, 0.25) is 0 Å². The van der Waals surface area contributed by atoms with Crippen LogP contribution >= 0.6 is 0 Å². The third-order valence-electron chi connectivity index (χ3n) is 3.64. The molecule has 140 valence electrons. The highest BCUT2D eigenvalue weighted by atomic mass is 19.1. The molecule has 3 rings (SSSR count). The zero-order valence-corrected chi connectivity index (χ0v) is 14.9. The van der Waals surface area contributed by atoms with Gasteiger partial charge in [-0.3, -0.25) is 9.78 Å². The molecular weight excluding hydrogens is 351 g/mol. The lowest BCUT2D eigenvalue weighted by atomic mass is 10.1. The average Bonchev–Trinajstić information content (AvgIpc) is 2.62. The summed E-state index contributed by atoms with van der Waals surface area (Å²) in [7, 11) is 0. The van der Waals surface area contributed by atoms with E-state index in [-0.39, 0.29) is 12.4 Å². The number of amides is 1. The van der Waals surface area contributed by atoms with Gasteiger partial charge in [0, 0.05) is 29.4 Å². The van der Waals surface area contributed by atoms with Gasteiger partial charge >= 0.3 is 0 Å². The fourth-order valence-electron chi connectivity index (χ4n) is 2.40. The Bertz CT molecular complexity index is 970. The molecule has 0 bridgehead atoms. The second-order valence-electron chi connectivity index (χ2n) is 6.60. The van der Waals surface area contributed by atoms with Crippen LogP contribution in [-0.2, 0) is 4.79 Å². The van der Waals surface area contributed by atoms with E-state index in [9.17, 15) is 14.3 Å². The number of pyridine rings is 1. The van der Waals surface area contributed by atoms with Crippen molar-refractivity contribution >= 4 is 23.0 Å². The van der Waals surface area contributed by atoms with Gasteiger partial charge in [-0.15, -0.1) is 0 Å². The molecule has 0 fully saturated rings. The molecule has 1 aromatic heterocycles. The number of hydrogen-bond acceptors (Lipinski definition) is 5. The maximum absolute atomic E-state index is 14.2. The van der Waals surface area contributed by atoms with Crippen molar-refractivity contribution in [2.24, 2.45) is 0 Å². The number of aliphatic hydroxyl groups is 1. The average molecular weight is 370 g/mol. The summed E-state index contributed by atoms with van der Waals surface area (Å²) in [6.45, 7) is 3.45. The number of anilines is 1. The quantitative estimate of drug-likeness (QED) is 0.617. The number of rotatable bonds is 7. The van der Waals surface area contributed by atoms with Gasteiger partial charge in [-0.1, -0.05) is 0 Å².